The molecule has 0 amide bonds. The number of halogens is 2. The van der Waals surface area contributed by atoms with E-state index in [2.05, 4.69) is 16.8 Å². The first-order valence-corrected chi connectivity index (χ1v) is 14.9. The summed E-state index contributed by atoms with van der Waals surface area (Å²) in [5.41, 5.74) is 2.73. The van der Waals surface area contributed by atoms with Crippen molar-refractivity contribution in [2.75, 3.05) is 40.4 Å². The van der Waals surface area contributed by atoms with E-state index in [0.29, 0.717) is 34.2 Å². The summed E-state index contributed by atoms with van der Waals surface area (Å²) in [5, 5.41) is 1.94. The van der Waals surface area contributed by atoms with Crippen LogP contribution in [0.1, 0.15) is 31.2 Å². The number of ether oxygens (including phenoxy) is 2. The van der Waals surface area contributed by atoms with E-state index in [1.165, 1.54) is 0 Å². The number of piperidine rings is 1. The predicted octanol–water partition coefficient (Wildman–Crippen LogP) is 7.53. The number of hydrogen-bond donors (Lipinski definition) is 0. The van der Waals surface area contributed by atoms with Crippen LogP contribution in [0.5, 0.6) is 11.7 Å². The highest BCUT2D eigenvalue weighted by atomic mass is 35.5. The molecule has 0 radical (unpaired) electrons. The zero-order valence-electron chi connectivity index (χ0n) is 23.6. The molecule has 0 bridgehead atoms. The second kappa shape index (κ2) is 13.8. The summed E-state index contributed by atoms with van der Waals surface area (Å²) >= 11 is 12.4. The van der Waals surface area contributed by atoms with Crippen molar-refractivity contribution in [1.29, 1.82) is 0 Å². The molecule has 1 fully saturated rings. The molecule has 1 saturated heterocycles. The van der Waals surface area contributed by atoms with Crippen molar-refractivity contribution >= 4 is 34.2 Å². The monoisotopic (exact) mass is 594 g/mol. The summed E-state index contributed by atoms with van der Waals surface area (Å²) in [6.07, 6.45) is 4.11. The molecule has 3 aromatic carbocycles. The molecule has 4 aromatic rings. The van der Waals surface area contributed by atoms with Crippen molar-refractivity contribution < 1.29 is 13.9 Å². The van der Waals surface area contributed by atoms with E-state index in [9.17, 15) is 4.79 Å². The van der Waals surface area contributed by atoms with Crippen LogP contribution >= 0.6 is 23.2 Å². The molecule has 0 saturated carbocycles. The Balaban J connectivity index is 1.13. The highest BCUT2D eigenvalue weighted by molar-refractivity contribution is 6.35. The summed E-state index contributed by atoms with van der Waals surface area (Å²) in [7, 11) is 3.83. The molecule has 8 heteroatoms. The number of para-hydroxylation sites is 1. The highest BCUT2D eigenvalue weighted by Crippen LogP contribution is 2.32. The molecule has 1 aliphatic heterocycles. The number of methoxy groups -OCH3 is 1. The molecule has 216 valence electrons. The minimum atomic E-state index is -0.101. The van der Waals surface area contributed by atoms with Crippen LogP contribution in [0.4, 0.5) is 0 Å². The molecular formula is C33H36Cl2N2O4. The zero-order valence-corrected chi connectivity index (χ0v) is 25.1. The molecule has 2 heterocycles. The Morgan fingerprint density at radius 3 is 2.49 bits per heavy atom. The molecule has 5 rings (SSSR count). The second-order valence-electron chi connectivity index (χ2n) is 10.6. The molecular weight excluding hydrogens is 559 g/mol. The third kappa shape index (κ3) is 7.25. The Bertz CT molecular complexity index is 1510. The molecule has 1 aromatic heterocycles. The first kappa shape index (κ1) is 29.5. The normalized spacial score (nSPS) is 14.6. The predicted molar refractivity (Wildman–Crippen MR) is 167 cm³/mol. The van der Waals surface area contributed by atoms with Gasteiger partial charge in [0.15, 0.2) is 0 Å². The van der Waals surface area contributed by atoms with Gasteiger partial charge in [-0.05, 0) is 99.9 Å². The molecule has 6 nitrogen and oxygen atoms in total. The number of benzene rings is 3. The summed E-state index contributed by atoms with van der Waals surface area (Å²) in [5.74, 6) is 0.988. The molecule has 41 heavy (non-hydrogen) atoms. The van der Waals surface area contributed by atoms with Crippen LogP contribution in [0, 0.1) is 0 Å². The Hall–Kier alpha value is -3.03. The smallest absolute Gasteiger partial charge is 0.297 e. The van der Waals surface area contributed by atoms with Gasteiger partial charge in [0, 0.05) is 22.6 Å². The topological polar surface area (TPSA) is 55.2 Å². The van der Waals surface area contributed by atoms with Crippen LogP contribution in [0.3, 0.4) is 0 Å². The largest absolute Gasteiger partial charge is 0.497 e. The maximum Gasteiger partial charge on any atom is 0.297 e. The van der Waals surface area contributed by atoms with Crippen molar-refractivity contribution in [2.45, 2.75) is 38.3 Å². The van der Waals surface area contributed by atoms with E-state index in [-0.39, 0.29) is 11.4 Å². The van der Waals surface area contributed by atoms with Gasteiger partial charge in [-0.3, -0.25) is 9.69 Å². The SMILES string of the molecule is COc1ccc(-c2c(OCCCCN(C)C3CCN(Cc4ccc(Cl)cc4Cl)CC3)oc3ccccc3c2=O)cc1. The Morgan fingerprint density at radius 2 is 1.76 bits per heavy atom. The number of unbranched alkanes of at least 4 members (excludes halogenated alkanes) is 1. The Morgan fingerprint density at radius 1 is 1.00 bits per heavy atom. The average Bonchev–Trinajstić information content (AvgIpc) is 2.99. The first-order valence-electron chi connectivity index (χ1n) is 14.1. The van der Waals surface area contributed by atoms with Gasteiger partial charge in [0.2, 0.25) is 5.43 Å². The van der Waals surface area contributed by atoms with Gasteiger partial charge in [-0.25, -0.2) is 0 Å². The van der Waals surface area contributed by atoms with Gasteiger partial charge in [0.05, 0.1) is 19.1 Å². The van der Waals surface area contributed by atoms with Gasteiger partial charge in [-0.15, -0.1) is 0 Å². The van der Waals surface area contributed by atoms with E-state index >= 15 is 0 Å². The van der Waals surface area contributed by atoms with Crippen molar-refractivity contribution in [1.82, 2.24) is 9.80 Å². The molecule has 1 aliphatic rings. The fourth-order valence-electron chi connectivity index (χ4n) is 5.45. The third-order valence-corrected chi connectivity index (χ3v) is 8.46. The number of rotatable bonds is 11. The van der Waals surface area contributed by atoms with Crippen molar-refractivity contribution in [3.63, 3.8) is 0 Å². The lowest BCUT2D eigenvalue weighted by atomic mass is 10.0. The average molecular weight is 596 g/mol. The number of fused-ring (bicyclic) bond motifs is 1. The van der Waals surface area contributed by atoms with Crippen LogP contribution in [-0.4, -0.2) is 56.2 Å². The fourth-order valence-corrected chi connectivity index (χ4v) is 5.92. The summed E-state index contributed by atoms with van der Waals surface area (Å²) in [6, 6.07) is 21.0. The van der Waals surface area contributed by atoms with Crippen LogP contribution in [0.15, 0.2) is 75.9 Å². The molecule has 0 aliphatic carbocycles. The number of hydrogen-bond acceptors (Lipinski definition) is 6. The standard InChI is InChI=1S/C33H36Cl2N2O4/c1-36(26-15-18-37(19-16-26)22-24-9-12-25(34)21-29(24)35)17-5-6-20-40-33-31(23-10-13-27(39-2)14-11-23)32(38)28-7-3-4-8-30(28)41-33/h3-4,7-14,21,26H,5-6,15-20,22H2,1-2H3. The molecule has 0 N–H and O–H groups in total. The van der Waals surface area contributed by atoms with E-state index in [4.69, 9.17) is 37.1 Å². The maximum absolute atomic E-state index is 13.4. The van der Waals surface area contributed by atoms with Crippen molar-refractivity contribution in [3.05, 3.63) is 92.6 Å². The van der Waals surface area contributed by atoms with Crippen LogP contribution < -0.4 is 14.9 Å². The minimum Gasteiger partial charge on any atom is -0.497 e. The lowest BCUT2D eigenvalue weighted by Gasteiger charge is -2.37. The van der Waals surface area contributed by atoms with Gasteiger partial charge < -0.3 is 18.8 Å². The fraction of sp³-hybridized carbons (Fsp3) is 0.364. The Kier molecular flexibility index (Phi) is 9.88. The number of likely N-dealkylation sites (tertiary alicyclic amines) is 1. The molecule has 0 spiro atoms. The van der Waals surface area contributed by atoms with Crippen molar-refractivity contribution in [3.8, 4) is 22.8 Å². The Labute approximate surface area is 251 Å². The van der Waals surface area contributed by atoms with Crippen LogP contribution in [0.2, 0.25) is 10.0 Å². The van der Waals surface area contributed by atoms with E-state index in [1.54, 1.807) is 19.2 Å². The lowest BCUT2D eigenvalue weighted by molar-refractivity contribution is 0.120. The quantitative estimate of drug-likeness (QED) is 0.167. The zero-order chi connectivity index (χ0) is 28.8. The van der Waals surface area contributed by atoms with E-state index in [0.717, 1.165) is 73.8 Å². The summed E-state index contributed by atoms with van der Waals surface area (Å²) in [4.78, 5) is 18.3. The van der Waals surface area contributed by atoms with Gasteiger partial charge in [0.1, 0.15) is 16.9 Å². The molecule has 0 unspecified atom stereocenters. The van der Waals surface area contributed by atoms with Gasteiger partial charge >= 0.3 is 0 Å². The number of nitrogens with zero attached hydrogens (tertiary/aromatic N) is 2. The van der Waals surface area contributed by atoms with Crippen molar-refractivity contribution in [2.24, 2.45) is 0 Å². The second-order valence-corrected chi connectivity index (χ2v) is 11.4. The summed E-state index contributed by atoms with van der Waals surface area (Å²) in [6.45, 7) is 4.41. The minimum absolute atomic E-state index is 0.101. The van der Waals surface area contributed by atoms with Crippen LogP contribution in [0.25, 0.3) is 22.1 Å². The van der Waals surface area contributed by atoms with Gasteiger partial charge in [0.25, 0.3) is 5.95 Å². The van der Waals surface area contributed by atoms with E-state index < -0.39 is 0 Å². The van der Waals surface area contributed by atoms with Gasteiger partial charge in [-0.1, -0.05) is 53.5 Å². The maximum atomic E-state index is 13.4. The van der Waals surface area contributed by atoms with Crippen LogP contribution in [-0.2, 0) is 6.54 Å². The van der Waals surface area contributed by atoms with E-state index in [1.807, 2.05) is 54.6 Å². The summed E-state index contributed by atoms with van der Waals surface area (Å²) < 4.78 is 17.5. The van der Waals surface area contributed by atoms with Gasteiger partial charge in [-0.2, -0.15) is 0 Å². The highest BCUT2D eigenvalue weighted by Gasteiger charge is 2.23. The third-order valence-electron chi connectivity index (χ3n) is 7.87. The first-order chi connectivity index (χ1) is 19.9. The molecule has 0 atom stereocenters. The lowest BCUT2D eigenvalue weighted by Crippen LogP contribution is -2.43.